The number of nitrogens with two attached hydrogens (primary N) is 1. The van der Waals surface area contributed by atoms with Crippen LogP contribution < -0.4 is 11.1 Å². The van der Waals surface area contributed by atoms with E-state index in [2.05, 4.69) is 10.4 Å². The molecule has 3 N–H and O–H groups in total. The van der Waals surface area contributed by atoms with Crippen LogP contribution in [0.3, 0.4) is 0 Å². The van der Waals surface area contributed by atoms with Gasteiger partial charge >= 0.3 is 0 Å². The second-order valence-electron chi connectivity index (χ2n) is 4.16. The van der Waals surface area contributed by atoms with Gasteiger partial charge in [-0.05, 0) is 12.1 Å². The van der Waals surface area contributed by atoms with E-state index in [0.717, 1.165) is 0 Å². The molecular weight excluding hydrogens is 262 g/mol. The van der Waals surface area contributed by atoms with E-state index in [0.29, 0.717) is 5.69 Å². The predicted molar refractivity (Wildman–Crippen MR) is 71.9 cm³/mol. The number of para-hydroxylation sites is 1. The summed E-state index contributed by atoms with van der Waals surface area (Å²) in [6.45, 7) is 0.224. The number of carbonyl (C=O) groups is 1. The zero-order valence-corrected chi connectivity index (χ0v) is 10.7. The number of carbonyl (C=O) groups excluding carboxylic acids is 1. The second kappa shape index (κ2) is 5.39. The van der Waals surface area contributed by atoms with Crippen molar-refractivity contribution in [1.82, 2.24) is 15.1 Å². The molecule has 0 saturated carbocycles. The molecule has 0 aliphatic rings. The Kier molecular flexibility index (Phi) is 3.65. The third kappa shape index (κ3) is 2.74. The highest BCUT2D eigenvalue weighted by atomic mass is 16.6. The Labute approximate surface area is 114 Å². The van der Waals surface area contributed by atoms with E-state index in [1.165, 1.54) is 18.2 Å². The molecular formula is C12H13N5O3. The molecule has 104 valence electrons. The lowest BCUT2D eigenvalue weighted by molar-refractivity contribution is -0.383. The molecule has 1 heterocycles. The Morgan fingerprint density at radius 2 is 2.25 bits per heavy atom. The zero-order chi connectivity index (χ0) is 14.7. The highest BCUT2D eigenvalue weighted by Gasteiger charge is 2.18. The average molecular weight is 275 g/mol. The lowest BCUT2D eigenvalue weighted by Crippen LogP contribution is -2.24. The van der Waals surface area contributed by atoms with Crippen molar-refractivity contribution >= 4 is 17.3 Å². The molecule has 0 saturated heterocycles. The van der Waals surface area contributed by atoms with Gasteiger partial charge in [0.05, 0.1) is 22.7 Å². The summed E-state index contributed by atoms with van der Waals surface area (Å²) in [4.78, 5) is 22.1. The normalized spacial score (nSPS) is 10.2. The number of nitrogens with one attached hydrogen (secondary N) is 1. The first-order chi connectivity index (χ1) is 9.49. The van der Waals surface area contributed by atoms with Crippen molar-refractivity contribution < 1.29 is 9.72 Å². The number of hydrogen-bond donors (Lipinski definition) is 2. The first-order valence-corrected chi connectivity index (χ1v) is 5.78. The van der Waals surface area contributed by atoms with Gasteiger partial charge in [-0.2, -0.15) is 5.10 Å². The molecule has 20 heavy (non-hydrogen) atoms. The van der Waals surface area contributed by atoms with Gasteiger partial charge in [0.25, 0.3) is 11.6 Å². The maximum Gasteiger partial charge on any atom is 0.292 e. The number of benzene rings is 1. The molecule has 8 heteroatoms. The van der Waals surface area contributed by atoms with E-state index in [1.807, 2.05) is 0 Å². The summed E-state index contributed by atoms with van der Waals surface area (Å²) in [7, 11) is 1.77. The van der Waals surface area contributed by atoms with Crippen LogP contribution in [0.2, 0.25) is 0 Å². The smallest absolute Gasteiger partial charge is 0.292 e. The summed E-state index contributed by atoms with van der Waals surface area (Å²) < 4.78 is 1.61. The highest BCUT2D eigenvalue weighted by molar-refractivity contribution is 6.00. The van der Waals surface area contributed by atoms with Crippen molar-refractivity contribution in [1.29, 1.82) is 0 Å². The number of nitrogens with zero attached hydrogens (tertiary/aromatic N) is 3. The molecule has 1 aromatic heterocycles. The topological polar surface area (TPSA) is 116 Å². The van der Waals surface area contributed by atoms with Gasteiger partial charge in [-0.3, -0.25) is 19.6 Å². The van der Waals surface area contributed by atoms with Crippen LogP contribution >= 0.6 is 0 Å². The molecule has 2 rings (SSSR count). The summed E-state index contributed by atoms with van der Waals surface area (Å²) in [5.74, 6) is -0.475. The van der Waals surface area contributed by atoms with Crippen molar-refractivity contribution in [3.8, 4) is 0 Å². The Morgan fingerprint density at radius 1 is 1.50 bits per heavy atom. The van der Waals surface area contributed by atoms with E-state index in [4.69, 9.17) is 5.73 Å². The monoisotopic (exact) mass is 275 g/mol. The summed E-state index contributed by atoms with van der Waals surface area (Å²) in [5, 5.41) is 17.5. The van der Waals surface area contributed by atoms with Crippen LogP contribution in [0.4, 0.5) is 11.4 Å². The summed E-state index contributed by atoms with van der Waals surface area (Å²) >= 11 is 0. The number of hydrogen-bond acceptors (Lipinski definition) is 5. The van der Waals surface area contributed by atoms with Gasteiger partial charge in [-0.15, -0.1) is 0 Å². The van der Waals surface area contributed by atoms with Crippen molar-refractivity contribution in [2.45, 2.75) is 6.54 Å². The van der Waals surface area contributed by atoms with Crippen LogP contribution in [-0.2, 0) is 13.6 Å². The van der Waals surface area contributed by atoms with Crippen molar-refractivity contribution in [2.75, 3.05) is 5.73 Å². The van der Waals surface area contributed by atoms with Crippen LogP contribution in [0, 0.1) is 10.1 Å². The molecule has 0 unspecified atom stereocenters. The van der Waals surface area contributed by atoms with E-state index in [1.54, 1.807) is 24.0 Å². The molecule has 0 fully saturated rings. The van der Waals surface area contributed by atoms with Crippen LogP contribution in [0.5, 0.6) is 0 Å². The molecule has 0 spiro atoms. The minimum absolute atomic E-state index is 0.0788. The standard InChI is InChI=1S/C12H13N5O3/c1-16-6-5-8(15-16)7-14-12(18)9-3-2-4-10(11(9)13)17(19)20/h2-6H,7,13H2,1H3,(H,14,18). The van der Waals surface area contributed by atoms with E-state index in [-0.39, 0.29) is 23.5 Å². The number of aromatic nitrogens is 2. The number of rotatable bonds is 4. The van der Waals surface area contributed by atoms with Gasteiger partial charge in [0, 0.05) is 19.3 Å². The van der Waals surface area contributed by atoms with Gasteiger partial charge in [0.2, 0.25) is 0 Å². The molecule has 1 amide bonds. The number of nitro benzene ring substituents is 1. The quantitative estimate of drug-likeness (QED) is 0.487. The summed E-state index contributed by atoms with van der Waals surface area (Å²) in [6.07, 6.45) is 1.75. The number of amides is 1. The first kappa shape index (κ1) is 13.5. The third-order valence-electron chi connectivity index (χ3n) is 2.72. The molecule has 0 aliphatic carbocycles. The summed E-state index contributed by atoms with van der Waals surface area (Å²) in [5.41, 5.74) is 5.98. The number of nitrogen functional groups attached to an aromatic ring is 1. The van der Waals surface area contributed by atoms with Crippen LogP contribution in [0.1, 0.15) is 16.1 Å². The Hall–Kier alpha value is -2.90. The zero-order valence-electron chi connectivity index (χ0n) is 10.7. The average Bonchev–Trinajstić information content (AvgIpc) is 2.81. The second-order valence-corrected chi connectivity index (χ2v) is 4.16. The maximum atomic E-state index is 12.0. The van der Waals surface area contributed by atoms with Crippen molar-refractivity contribution in [3.63, 3.8) is 0 Å². The van der Waals surface area contributed by atoms with Crippen LogP contribution in [-0.4, -0.2) is 20.6 Å². The fourth-order valence-corrected chi connectivity index (χ4v) is 1.73. The van der Waals surface area contributed by atoms with Gasteiger partial charge < -0.3 is 11.1 Å². The number of anilines is 1. The Morgan fingerprint density at radius 3 is 2.85 bits per heavy atom. The minimum Gasteiger partial charge on any atom is -0.393 e. The summed E-state index contributed by atoms with van der Waals surface area (Å²) in [6, 6.07) is 5.88. The maximum absolute atomic E-state index is 12.0. The fourth-order valence-electron chi connectivity index (χ4n) is 1.73. The van der Waals surface area contributed by atoms with Crippen LogP contribution in [0.15, 0.2) is 30.5 Å². The third-order valence-corrected chi connectivity index (χ3v) is 2.72. The number of aryl methyl sites for hydroxylation is 1. The minimum atomic E-state index is -0.620. The molecule has 0 aliphatic heterocycles. The van der Waals surface area contributed by atoms with Gasteiger partial charge in [0.1, 0.15) is 5.69 Å². The van der Waals surface area contributed by atoms with E-state index >= 15 is 0 Å². The van der Waals surface area contributed by atoms with Gasteiger partial charge in [0.15, 0.2) is 0 Å². The van der Waals surface area contributed by atoms with E-state index in [9.17, 15) is 14.9 Å². The van der Waals surface area contributed by atoms with Crippen molar-refractivity contribution in [2.24, 2.45) is 7.05 Å². The fraction of sp³-hybridized carbons (Fsp3) is 0.167. The molecule has 8 nitrogen and oxygen atoms in total. The largest absolute Gasteiger partial charge is 0.393 e. The van der Waals surface area contributed by atoms with Gasteiger partial charge in [-0.1, -0.05) is 6.07 Å². The molecule has 2 aromatic rings. The first-order valence-electron chi connectivity index (χ1n) is 5.78. The lowest BCUT2D eigenvalue weighted by atomic mass is 10.1. The van der Waals surface area contributed by atoms with Crippen LogP contribution in [0.25, 0.3) is 0 Å². The molecule has 0 bridgehead atoms. The predicted octanol–water partition coefficient (Wildman–Crippen LogP) is 0.841. The highest BCUT2D eigenvalue weighted by Crippen LogP contribution is 2.24. The SMILES string of the molecule is Cn1ccc(CNC(=O)c2cccc([N+](=O)[O-])c2N)n1. The molecule has 0 atom stereocenters. The lowest BCUT2D eigenvalue weighted by Gasteiger charge is -2.06. The Balaban J connectivity index is 2.13. The Bertz CT molecular complexity index is 665. The van der Waals surface area contributed by atoms with E-state index < -0.39 is 10.8 Å². The van der Waals surface area contributed by atoms with Crippen molar-refractivity contribution in [3.05, 3.63) is 51.8 Å². The molecule has 1 aromatic carbocycles. The number of nitro groups is 1. The van der Waals surface area contributed by atoms with Gasteiger partial charge in [-0.25, -0.2) is 0 Å². The molecule has 0 radical (unpaired) electrons.